The standard InChI is InChI=1S/C14H16ClN3S/c1-18(2)8-9-19-13-10-12(15)16-14(17-13)11-6-4-3-5-7-11/h3-7,10H,8-9H2,1-2H3. The van der Waals surface area contributed by atoms with Crippen LogP contribution >= 0.6 is 23.4 Å². The van der Waals surface area contributed by atoms with Crippen molar-refractivity contribution in [1.29, 1.82) is 0 Å². The number of hydrogen-bond acceptors (Lipinski definition) is 4. The van der Waals surface area contributed by atoms with E-state index in [1.165, 1.54) is 0 Å². The largest absolute Gasteiger partial charge is 0.309 e. The number of thioether (sulfide) groups is 1. The van der Waals surface area contributed by atoms with E-state index >= 15 is 0 Å². The Morgan fingerprint density at radius 1 is 1.16 bits per heavy atom. The van der Waals surface area contributed by atoms with Crippen LogP contribution in [0.4, 0.5) is 0 Å². The molecule has 2 aromatic rings. The zero-order valence-electron chi connectivity index (χ0n) is 11.0. The van der Waals surface area contributed by atoms with Crippen molar-refractivity contribution in [2.75, 3.05) is 26.4 Å². The zero-order chi connectivity index (χ0) is 13.7. The van der Waals surface area contributed by atoms with Crippen molar-refractivity contribution >= 4 is 23.4 Å². The van der Waals surface area contributed by atoms with Gasteiger partial charge in [-0.1, -0.05) is 41.9 Å². The van der Waals surface area contributed by atoms with Gasteiger partial charge in [0.25, 0.3) is 0 Å². The molecule has 1 heterocycles. The third kappa shape index (κ3) is 4.49. The topological polar surface area (TPSA) is 29.0 Å². The van der Waals surface area contributed by atoms with E-state index in [-0.39, 0.29) is 0 Å². The summed E-state index contributed by atoms with van der Waals surface area (Å²) in [5.74, 6) is 1.66. The van der Waals surface area contributed by atoms with Gasteiger partial charge in [0, 0.05) is 23.9 Å². The summed E-state index contributed by atoms with van der Waals surface area (Å²) in [6.45, 7) is 1.01. The van der Waals surface area contributed by atoms with Crippen molar-refractivity contribution in [2.45, 2.75) is 5.03 Å². The Labute approximate surface area is 123 Å². The summed E-state index contributed by atoms with van der Waals surface area (Å²) in [7, 11) is 4.12. The number of benzene rings is 1. The Morgan fingerprint density at radius 2 is 1.89 bits per heavy atom. The molecule has 0 saturated heterocycles. The van der Waals surface area contributed by atoms with Crippen LogP contribution in [0.25, 0.3) is 11.4 Å². The summed E-state index contributed by atoms with van der Waals surface area (Å²) in [5.41, 5.74) is 0.986. The molecule has 1 aromatic heterocycles. The van der Waals surface area contributed by atoms with E-state index in [1.807, 2.05) is 36.4 Å². The van der Waals surface area contributed by atoms with E-state index < -0.39 is 0 Å². The van der Waals surface area contributed by atoms with Crippen molar-refractivity contribution in [2.24, 2.45) is 0 Å². The van der Waals surface area contributed by atoms with E-state index in [2.05, 4.69) is 29.0 Å². The van der Waals surface area contributed by atoms with Crippen molar-refractivity contribution in [3.05, 3.63) is 41.6 Å². The Balaban J connectivity index is 2.16. The molecule has 0 amide bonds. The highest BCUT2D eigenvalue weighted by atomic mass is 35.5. The number of rotatable bonds is 5. The van der Waals surface area contributed by atoms with Crippen LogP contribution < -0.4 is 0 Å². The number of aromatic nitrogens is 2. The summed E-state index contributed by atoms with van der Waals surface area (Å²) >= 11 is 7.76. The van der Waals surface area contributed by atoms with E-state index in [0.29, 0.717) is 11.0 Å². The zero-order valence-corrected chi connectivity index (χ0v) is 12.6. The van der Waals surface area contributed by atoms with Crippen LogP contribution in [0.3, 0.4) is 0 Å². The van der Waals surface area contributed by atoms with Crippen LogP contribution in [-0.4, -0.2) is 41.3 Å². The Kier molecular flexibility index (Phi) is 5.19. The minimum absolute atomic E-state index is 0.487. The lowest BCUT2D eigenvalue weighted by atomic mass is 10.2. The van der Waals surface area contributed by atoms with Crippen LogP contribution in [0, 0.1) is 0 Å². The number of hydrogen-bond donors (Lipinski definition) is 0. The summed E-state index contributed by atoms with van der Waals surface area (Å²) < 4.78 is 0. The summed E-state index contributed by atoms with van der Waals surface area (Å²) in [5, 5.41) is 1.40. The molecule has 0 bridgehead atoms. The molecule has 0 aliphatic carbocycles. The summed E-state index contributed by atoms with van der Waals surface area (Å²) in [6.07, 6.45) is 0. The maximum Gasteiger partial charge on any atom is 0.162 e. The fraction of sp³-hybridized carbons (Fsp3) is 0.286. The molecule has 2 rings (SSSR count). The molecule has 0 aliphatic rings. The minimum Gasteiger partial charge on any atom is -0.309 e. The fourth-order valence-electron chi connectivity index (χ4n) is 1.52. The maximum atomic E-state index is 6.07. The molecule has 1 aromatic carbocycles. The number of nitrogens with zero attached hydrogens (tertiary/aromatic N) is 3. The molecular weight excluding hydrogens is 278 g/mol. The average Bonchev–Trinajstić information content (AvgIpc) is 2.39. The smallest absolute Gasteiger partial charge is 0.162 e. The van der Waals surface area contributed by atoms with Crippen molar-refractivity contribution in [3.8, 4) is 11.4 Å². The van der Waals surface area contributed by atoms with Gasteiger partial charge in [0.1, 0.15) is 10.2 Å². The number of halogens is 1. The van der Waals surface area contributed by atoms with Crippen LogP contribution in [0.1, 0.15) is 0 Å². The Morgan fingerprint density at radius 3 is 2.58 bits per heavy atom. The van der Waals surface area contributed by atoms with Gasteiger partial charge in [-0.25, -0.2) is 9.97 Å². The second-order valence-electron chi connectivity index (χ2n) is 4.37. The van der Waals surface area contributed by atoms with Gasteiger partial charge in [0.2, 0.25) is 0 Å². The van der Waals surface area contributed by atoms with Crippen molar-refractivity contribution in [3.63, 3.8) is 0 Å². The quantitative estimate of drug-likeness (QED) is 0.624. The third-order valence-corrected chi connectivity index (χ3v) is 3.58. The molecule has 0 saturated carbocycles. The lowest BCUT2D eigenvalue weighted by molar-refractivity contribution is 0.437. The predicted molar refractivity (Wildman–Crippen MR) is 81.8 cm³/mol. The van der Waals surface area contributed by atoms with Gasteiger partial charge in [-0.05, 0) is 14.1 Å². The summed E-state index contributed by atoms with van der Waals surface area (Å²) in [6, 6.07) is 11.7. The third-order valence-electron chi connectivity index (χ3n) is 2.49. The van der Waals surface area contributed by atoms with Crippen LogP contribution in [0.2, 0.25) is 5.15 Å². The highest BCUT2D eigenvalue weighted by Gasteiger charge is 2.06. The molecular formula is C14H16ClN3S. The van der Waals surface area contributed by atoms with Crippen LogP contribution in [0.5, 0.6) is 0 Å². The molecule has 0 N–H and O–H groups in total. The molecule has 19 heavy (non-hydrogen) atoms. The van der Waals surface area contributed by atoms with Crippen LogP contribution in [0.15, 0.2) is 41.4 Å². The summed E-state index contributed by atoms with van der Waals surface area (Å²) in [4.78, 5) is 11.0. The van der Waals surface area contributed by atoms with Crippen molar-refractivity contribution < 1.29 is 0 Å². The first-order valence-corrected chi connectivity index (χ1v) is 7.39. The molecule has 3 nitrogen and oxygen atoms in total. The van der Waals surface area contributed by atoms with E-state index in [0.717, 1.165) is 22.9 Å². The first-order valence-electron chi connectivity index (χ1n) is 6.02. The molecule has 0 fully saturated rings. The SMILES string of the molecule is CN(C)CCSc1cc(Cl)nc(-c2ccccc2)n1. The molecule has 0 radical (unpaired) electrons. The first-order chi connectivity index (χ1) is 9.15. The van der Waals surface area contributed by atoms with Gasteiger partial charge in [0.05, 0.1) is 0 Å². The first kappa shape index (κ1) is 14.3. The Hall–Kier alpha value is -1.10. The highest BCUT2D eigenvalue weighted by molar-refractivity contribution is 7.99. The average molecular weight is 294 g/mol. The molecule has 0 aliphatic heterocycles. The van der Waals surface area contributed by atoms with Gasteiger partial charge >= 0.3 is 0 Å². The molecule has 5 heteroatoms. The van der Waals surface area contributed by atoms with E-state index in [4.69, 9.17) is 11.6 Å². The fourth-order valence-corrected chi connectivity index (χ4v) is 2.78. The van der Waals surface area contributed by atoms with Gasteiger partial charge in [-0.15, -0.1) is 11.8 Å². The predicted octanol–water partition coefficient (Wildman–Crippen LogP) is 3.45. The van der Waals surface area contributed by atoms with Gasteiger partial charge in [-0.3, -0.25) is 0 Å². The van der Waals surface area contributed by atoms with Gasteiger partial charge in [-0.2, -0.15) is 0 Å². The molecule has 0 unspecified atom stereocenters. The van der Waals surface area contributed by atoms with Crippen molar-refractivity contribution in [1.82, 2.24) is 14.9 Å². The minimum atomic E-state index is 0.487. The molecule has 0 spiro atoms. The van der Waals surface area contributed by atoms with E-state index in [1.54, 1.807) is 11.8 Å². The van der Waals surface area contributed by atoms with E-state index in [9.17, 15) is 0 Å². The van der Waals surface area contributed by atoms with Gasteiger partial charge in [0.15, 0.2) is 5.82 Å². The Bertz CT molecular complexity index is 531. The highest BCUT2D eigenvalue weighted by Crippen LogP contribution is 2.23. The normalized spacial score (nSPS) is 10.9. The lowest BCUT2D eigenvalue weighted by Gasteiger charge is -2.09. The molecule has 0 atom stereocenters. The molecule has 100 valence electrons. The second kappa shape index (κ2) is 6.89. The maximum absolute atomic E-state index is 6.07. The second-order valence-corrected chi connectivity index (χ2v) is 5.87. The monoisotopic (exact) mass is 293 g/mol. The lowest BCUT2D eigenvalue weighted by Crippen LogP contribution is -2.14. The van der Waals surface area contributed by atoms with Crippen LogP contribution in [-0.2, 0) is 0 Å². The van der Waals surface area contributed by atoms with Gasteiger partial charge < -0.3 is 4.90 Å².